The number of anilines is 3. The average molecular weight is 726 g/mol. The van der Waals surface area contributed by atoms with Gasteiger partial charge in [0.2, 0.25) is 0 Å². The number of hydrogen-bond acceptors (Lipinski definition) is 2. The highest BCUT2D eigenvalue weighted by molar-refractivity contribution is 6.07. The van der Waals surface area contributed by atoms with Crippen LogP contribution < -0.4 is 4.90 Å². The lowest BCUT2D eigenvalue weighted by molar-refractivity contribution is 0.669. The summed E-state index contributed by atoms with van der Waals surface area (Å²) in [6.07, 6.45) is 0. The summed E-state index contributed by atoms with van der Waals surface area (Å²) >= 11 is 0. The number of para-hydroxylation sites is 2. The predicted octanol–water partition coefficient (Wildman–Crippen LogP) is 14.7. The van der Waals surface area contributed by atoms with Crippen molar-refractivity contribution in [3.05, 3.63) is 235 Å². The molecule has 12 rings (SSSR count). The summed E-state index contributed by atoms with van der Waals surface area (Å²) in [7, 11) is 0. The highest BCUT2D eigenvalue weighted by atomic mass is 16.3. The van der Waals surface area contributed by atoms with Crippen molar-refractivity contribution in [3.63, 3.8) is 0 Å². The molecule has 0 saturated carbocycles. The molecule has 9 aromatic carbocycles. The number of furan rings is 1. The van der Waals surface area contributed by atoms with Crippen molar-refractivity contribution < 1.29 is 4.42 Å². The molecule has 2 nitrogen and oxygen atoms in total. The molecule has 1 spiro atoms. The summed E-state index contributed by atoms with van der Waals surface area (Å²) in [5.74, 6) is 0. The second-order valence-corrected chi connectivity index (χ2v) is 15.2. The second kappa shape index (κ2) is 12.3. The van der Waals surface area contributed by atoms with Crippen LogP contribution in [0, 0.1) is 0 Å². The first kappa shape index (κ1) is 31.9. The van der Waals surface area contributed by atoms with E-state index in [0.29, 0.717) is 0 Å². The smallest absolute Gasteiger partial charge is 0.135 e. The zero-order chi connectivity index (χ0) is 37.5. The molecule has 0 amide bonds. The van der Waals surface area contributed by atoms with Crippen molar-refractivity contribution in [3.8, 4) is 44.5 Å². The average Bonchev–Trinajstić information content (AvgIpc) is 3.77. The molecular weight excluding hydrogens is 691 g/mol. The van der Waals surface area contributed by atoms with Gasteiger partial charge < -0.3 is 9.32 Å². The van der Waals surface area contributed by atoms with Gasteiger partial charge in [-0.25, -0.2) is 0 Å². The molecular formula is C55H35NO. The van der Waals surface area contributed by atoms with Gasteiger partial charge in [0, 0.05) is 27.7 Å². The summed E-state index contributed by atoms with van der Waals surface area (Å²) in [6.45, 7) is 0. The molecule has 10 aromatic rings. The lowest BCUT2D eigenvalue weighted by Gasteiger charge is -2.35. The first-order valence-corrected chi connectivity index (χ1v) is 19.7. The molecule has 0 saturated heterocycles. The molecule has 1 heterocycles. The van der Waals surface area contributed by atoms with E-state index in [2.05, 4.69) is 205 Å². The van der Waals surface area contributed by atoms with E-state index in [0.717, 1.165) is 44.6 Å². The Morgan fingerprint density at radius 2 is 0.789 bits per heavy atom. The Hall–Kier alpha value is -7.42. The minimum Gasteiger partial charge on any atom is -0.456 e. The van der Waals surface area contributed by atoms with E-state index in [-0.39, 0.29) is 0 Å². The van der Waals surface area contributed by atoms with E-state index < -0.39 is 5.41 Å². The summed E-state index contributed by atoms with van der Waals surface area (Å²) in [4.78, 5) is 2.43. The first-order chi connectivity index (χ1) is 28.3. The van der Waals surface area contributed by atoms with Crippen LogP contribution in [0.25, 0.3) is 66.4 Å². The molecule has 266 valence electrons. The third-order valence-electron chi connectivity index (χ3n) is 12.3. The van der Waals surface area contributed by atoms with Crippen LogP contribution in [0.5, 0.6) is 0 Å². The highest BCUT2D eigenvalue weighted by Crippen LogP contribution is 2.62. The van der Waals surface area contributed by atoms with E-state index in [1.54, 1.807) is 0 Å². The lowest BCUT2D eigenvalue weighted by atomic mass is 9.66. The molecule has 0 atom stereocenters. The number of nitrogens with zero attached hydrogens (tertiary/aromatic N) is 1. The van der Waals surface area contributed by atoms with Crippen LogP contribution in [-0.4, -0.2) is 0 Å². The second-order valence-electron chi connectivity index (χ2n) is 15.2. The van der Waals surface area contributed by atoms with Gasteiger partial charge in [-0.15, -0.1) is 0 Å². The molecule has 0 bridgehead atoms. The first-order valence-electron chi connectivity index (χ1n) is 19.7. The normalized spacial score (nSPS) is 13.1. The molecule has 57 heavy (non-hydrogen) atoms. The topological polar surface area (TPSA) is 16.4 Å². The van der Waals surface area contributed by atoms with Gasteiger partial charge in [0.05, 0.1) is 11.1 Å². The Kier molecular flexibility index (Phi) is 6.88. The van der Waals surface area contributed by atoms with Crippen LogP contribution in [0.2, 0.25) is 0 Å². The Morgan fingerprint density at radius 3 is 1.47 bits per heavy atom. The van der Waals surface area contributed by atoms with E-state index in [9.17, 15) is 0 Å². The lowest BCUT2D eigenvalue weighted by Crippen LogP contribution is -2.29. The molecule has 0 radical (unpaired) electrons. The third kappa shape index (κ3) is 4.53. The van der Waals surface area contributed by atoms with Crippen molar-refractivity contribution in [1.29, 1.82) is 0 Å². The van der Waals surface area contributed by atoms with Crippen molar-refractivity contribution in [2.75, 3.05) is 4.90 Å². The maximum absolute atomic E-state index is 6.33. The van der Waals surface area contributed by atoms with Gasteiger partial charge in [0.15, 0.2) is 0 Å². The summed E-state index contributed by atoms with van der Waals surface area (Å²) < 4.78 is 6.33. The van der Waals surface area contributed by atoms with Crippen LogP contribution in [-0.2, 0) is 5.41 Å². The highest BCUT2D eigenvalue weighted by Gasteiger charge is 2.49. The third-order valence-corrected chi connectivity index (χ3v) is 12.3. The fraction of sp³-hybridized carbons (Fsp3) is 0.0182. The quantitative estimate of drug-likeness (QED) is 0.180. The van der Waals surface area contributed by atoms with Crippen molar-refractivity contribution in [1.82, 2.24) is 0 Å². The Labute approximate surface area is 331 Å². The Bertz CT molecular complexity index is 3140. The number of benzene rings is 9. The van der Waals surface area contributed by atoms with Gasteiger partial charge in [-0.3, -0.25) is 0 Å². The van der Waals surface area contributed by atoms with Crippen molar-refractivity contribution in [2.45, 2.75) is 5.41 Å². The minimum absolute atomic E-state index is 0.530. The maximum Gasteiger partial charge on any atom is 0.135 e. The van der Waals surface area contributed by atoms with Gasteiger partial charge in [-0.1, -0.05) is 170 Å². The molecule has 2 aliphatic carbocycles. The van der Waals surface area contributed by atoms with Gasteiger partial charge in [-0.2, -0.15) is 0 Å². The fourth-order valence-corrected chi connectivity index (χ4v) is 9.99. The zero-order valence-corrected chi connectivity index (χ0v) is 31.1. The van der Waals surface area contributed by atoms with E-state index >= 15 is 0 Å². The molecule has 1 aromatic heterocycles. The molecule has 0 fully saturated rings. The molecule has 0 aliphatic heterocycles. The number of hydrogen-bond donors (Lipinski definition) is 0. The van der Waals surface area contributed by atoms with Crippen LogP contribution in [0.4, 0.5) is 17.1 Å². The van der Waals surface area contributed by atoms with Gasteiger partial charge in [-0.05, 0) is 104 Å². The van der Waals surface area contributed by atoms with E-state index in [1.165, 1.54) is 61.2 Å². The SMILES string of the molecule is c1ccc(-c2ccccc2N(c2ccc3c(c2)-c2ccccc2C32c3ccccc3-c3ccccc3-c3ccccc32)c2ccc3oc4ccccc4c3c2)cc1. The van der Waals surface area contributed by atoms with Crippen LogP contribution >= 0.6 is 0 Å². The van der Waals surface area contributed by atoms with Crippen LogP contribution in [0.1, 0.15) is 22.3 Å². The standard InChI is InChI=1S/C55H35NO/c1-2-16-36(17-3-1)39-18-9-14-28-52(39)56(38-31-33-54-47(35-38)45-24-10-15-29-53(45)57-54)37-30-32-51-46(34-37)44-23-8-13-27-50(44)55(51)48-25-11-6-21-42(48)40-19-4-5-20-41(40)43-22-7-12-26-49(43)55/h1-35H. The molecule has 2 heteroatoms. The monoisotopic (exact) mass is 725 g/mol. The maximum atomic E-state index is 6.33. The summed E-state index contributed by atoms with van der Waals surface area (Å²) in [6, 6.07) is 77.8. The largest absolute Gasteiger partial charge is 0.456 e. The Balaban J connectivity index is 1.15. The number of fused-ring (bicyclic) bond motifs is 15. The zero-order valence-electron chi connectivity index (χ0n) is 31.1. The van der Waals surface area contributed by atoms with Gasteiger partial charge in [0.25, 0.3) is 0 Å². The minimum atomic E-state index is -0.530. The van der Waals surface area contributed by atoms with Crippen molar-refractivity contribution >= 4 is 39.0 Å². The van der Waals surface area contributed by atoms with E-state index in [4.69, 9.17) is 4.42 Å². The van der Waals surface area contributed by atoms with E-state index in [1.807, 2.05) is 12.1 Å². The predicted molar refractivity (Wildman–Crippen MR) is 236 cm³/mol. The fourth-order valence-electron chi connectivity index (χ4n) is 9.99. The summed E-state index contributed by atoms with van der Waals surface area (Å²) in [5, 5.41) is 2.21. The molecule has 0 unspecified atom stereocenters. The van der Waals surface area contributed by atoms with Crippen LogP contribution in [0.3, 0.4) is 0 Å². The summed E-state index contributed by atoms with van der Waals surface area (Å²) in [5.41, 5.74) is 19.7. The van der Waals surface area contributed by atoms with Gasteiger partial charge in [0.1, 0.15) is 11.2 Å². The Morgan fingerprint density at radius 1 is 0.316 bits per heavy atom. The van der Waals surface area contributed by atoms with Crippen LogP contribution in [0.15, 0.2) is 217 Å². The molecule has 2 aliphatic rings. The van der Waals surface area contributed by atoms with Crippen molar-refractivity contribution in [2.24, 2.45) is 0 Å². The van der Waals surface area contributed by atoms with Gasteiger partial charge >= 0.3 is 0 Å². The number of rotatable bonds is 4. The molecule has 0 N–H and O–H groups in total.